The van der Waals surface area contributed by atoms with Crippen molar-refractivity contribution in [3.05, 3.63) is 0 Å². The van der Waals surface area contributed by atoms with Gasteiger partial charge in [-0.2, -0.15) is 0 Å². The Labute approximate surface area is 134 Å². The van der Waals surface area contributed by atoms with Crippen molar-refractivity contribution in [3.8, 4) is 0 Å². The Morgan fingerprint density at radius 2 is 1.77 bits per heavy atom. The predicted octanol–water partition coefficient (Wildman–Crippen LogP) is 2.69. The third-order valence-corrected chi connectivity index (χ3v) is 8.74. The maximum absolute atomic E-state index is 13.0. The summed E-state index contributed by atoms with van der Waals surface area (Å²) < 4.78 is 27.7. The number of nitrogens with zero attached hydrogens (tertiary/aromatic N) is 1. The number of fused-ring (bicyclic) bond motifs is 2. The van der Waals surface area contributed by atoms with Gasteiger partial charge < -0.3 is 0 Å². The third kappa shape index (κ3) is 2.27. The van der Waals surface area contributed by atoms with E-state index in [4.69, 9.17) is 0 Å². The Balaban J connectivity index is 1.87. The van der Waals surface area contributed by atoms with Crippen LogP contribution in [-0.4, -0.2) is 37.3 Å². The lowest BCUT2D eigenvalue weighted by molar-refractivity contribution is -0.128. The second-order valence-electron chi connectivity index (χ2n) is 8.69. The van der Waals surface area contributed by atoms with Crippen molar-refractivity contribution in [2.75, 3.05) is 18.8 Å². The van der Waals surface area contributed by atoms with Gasteiger partial charge in [-0.3, -0.25) is 4.79 Å². The van der Waals surface area contributed by atoms with Crippen molar-refractivity contribution in [3.63, 3.8) is 0 Å². The van der Waals surface area contributed by atoms with Crippen molar-refractivity contribution in [2.24, 2.45) is 28.6 Å². The quantitative estimate of drug-likeness (QED) is 0.801. The average Bonchev–Trinajstić information content (AvgIpc) is 2.71. The summed E-state index contributed by atoms with van der Waals surface area (Å²) in [5.41, 5.74) is -0.815. The molecule has 2 aliphatic carbocycles. The minimum absolute atomic E-state index is 0.0295. The first-order valence-corrected chi connectivity index (χ1v) is 10.2. The highest BCUT2D eigenvalue weighted by molar-refractivity contribution is 7.89. The average molecular weight is 327 g/mol. The number of sulfonamides is 1. The van der Waals surface area contributed by atoms with E-state index in [0.717, 1.165) is 19.3 Å². The lowest BCUT2D eigenvalue weighted by Gasteiger charge is -2.40. The molecule has 126 valence electrons. The molecule has 0 aromatic carbocycles. The van der Waals surface area contributed by atoms with Crippen molar-refractivity contribution in [1.29, 1.82) is 0 Å². The van der Waals surface area contributed by atoms with Crippen LogP contribution < -0.4 is 0 Å². The highest BCUT2D eigenvalue weighted by Crippen LogP contribution is 2.64. The van der Waals surface area contributed by atoms with E-state index in [0.29, 0.717) is 37.3 Å². The number of carbonyl (C=O) groups excluding carboxylic acids is 1. The van der Waals surface area contributed by atoms with Gasteiger partial charge in [0.1, 0.15) is 5.78 Å². The molecule has 4 atom stereocenters. The Kier molecular flexibility index (Phi) is 3.76. The summed E-state index contributed by atoms with van der Waals surface area (Å²) in [5.74, 6) is 1.39. The van der Waals surface area contributed by atoms with E-state index >= 15 is 0 Å². The summed E-state index contributed by atoms with van der Waals surface area (Å²) in [7, 11) is -3.37. The fraction of sp³-hybridized carbons (Fsp3) is 0.941. The molecule has 1 saturated heterocycles. The van der Waals surface area contributed by atoms with E-state index in [1.54, 1.807) is 4.31 Å². The van der Waals surface area contributed by atoms with Gasteiger partial charge in [0.2, 0.25) is 10.0 Å². The first-order chi connectivity index (χ1) is 10.1. The monoisotopic (exact) mass is 327 g/mol. The molecule has 0 radical (unpaired) electrons. The zero-order chi connectivity index (χ0) is 16.3. The standard InChI is InChI=1S/C17H29NO3S/c1-12-7-13(2)10-18(9-12)22(20,21)11-17-6-5-14(8-15(17)19)16(17,3)4/h12-14H,5-11H2,1-4H3/t12-,13-,14+,17+/m1/s1. The smallest absolute Gasteiger partial charge is 0.215 e. The van der Waals surface area contributed by atoms with Gasteiger partial charge in [-0.1, -0.05) is 27.7 Å². The van der Waals surface area contributed by atoms with Crippen molar-refractivity contribution < 1.29 is 13.2 Å². The Morgan fingerprint density at radius 3 is 2.23 bits per heavy atom. The maximum Gasteiger partial charge on any atom is 0.215 e. The highest BCUT2D eigenvalue weighted by Gasteiger charge is 2.65. The summed E-state index contributed by atoms with van der Waals surface area (Å²) in [6, 6.07) is 0. The molecule has 2 saturated carbocycles. The third-order valence-electron chi connectivity index (χ3n) is 6.80. The van der Waals surface area contributed by atoms with Crippen molar-refractivity contribution in [1.82, 2.24) is 4.31 Å². The Morgan fingerprint density at radius 1 is 1.18 bits per heavy atom. The SMILES string of the molecule is C[C@@H]1C[C@@H](C)CN(S(=O)(=O)C[C@@]23CC[C@@H](CC2=O)C3(C)C)C1. The second-order valence-corrected chi connectivity index (χ2v) is 10.7. The molecule has 5 heteroatoms. The number of piperidine rings is 1. The zero-order valence-corrected chi connectivity index (χ0v) is 15.1. The van der Waals surface area contributed by atoms with Crippen LogP contribution in [0.5, 0.6) is 0 Å². The topological polar surface area (TPSA) is 54.5 Å². The number of Topliss-reactive ketones (excluding diaryl/α,β-unsaturated/α-hetero) is 1. The lowest BCUT2D eigenvalue weighted by Crippen LogP contribution is -2.50. The molecule has 2 bridgehead atoms. The maximum atomic E-state index is 13.0. The first kappa shape index (κ1) is 16.4. The first-order valence-electron chi connectivity index (χ1n) is 8.59. The molecule has 1 heterocycles. The molecular formula is C17H29NO3S. The van der Waals surface area contributed by atoms with E-state index in [9.17, 15) is 13.2 Å². The number of ketones is 1. The van der Waals surface area contributed by atoms with Gasteiger partial charge in [0, 0.05) is 24.9 Å². The van der Waals surface area contributed by atoms with Crippen LogP contribution >= 0.6 is 0 Å². The Hall–Kier alpha value is -0.420. The fourth-order valence-electron chi connectivity index (χ4n) is 5.34. The summed E-state index contributed by atoms with van der Waals surface area (Å²) in [6.07, 6.45) is 3.42. The summed E-state index contributed by atoms with van der Waals surface area (Å²) >= 11 is 0. The highest BCUT2D eigenvalue weighted by atomic mass is 32.2. The number of rotatable bonds is 3. The number of hydrogen-bond donors (Lipinski definition) is 0. The van der Waals surface area contributed by atoms with Crippen LogP contribution in [0.25, 0.3) is 0 Å². The van der Waals surface area contributed by atoms with Crippen molar-refractivity contribution in [2.45, 2.75) is 53.4 Å². The van der Waals surface area contributed by atoms with Gasteiger partial charge >= 0.3 is 0 Å². The number of carbonyl (C=O) groups is 1. The normalized spacial score (nSPS) is 42.0. The van der Waals surface area contributed by atoms with Gasteiger partial charge in [0.25, 0.3) is 0 Å². The lowest BCUT2D eigenvalue weighted by atomic mass is 9.70. The van der Waals surface area contributed by atoms with E-state index in [-0.39, 0.29) is 17.0 Å². The molecule has 3 rings (SSSR count). The summed E-state index contributed by atoms with van der Waals surface area (Å²) in [6.45, 7) is 9.67. The molecule has 0 spiro atoms. The van der Waals surface area contributed by atoms with Crippen molar-refractivity contribution >= 4 is 15.8 Å². The summed E-state index contributed by atoms with van der Waals surface area (Å²) in [5, 5.41) is 0. The minimum atomic E-state index is -3.37. The number of hydrogen-bond acceptors (Lipinski definition) is 3. The summed E-state index contributed by atoms with van der Waals surface area (Å²) in [4.78, 5) is 12.6. The van der Waals surface area contributed by atoms with Crippen LogP contribution in [-0.2, 0) is 14.8 Å². The fourth-order valence-corrected chi connectivity index (χ4v) is 7.79. The molecule has 1 aliphatic heterocycles. The molecule has 3 aliphatic rings. The predicted molar refractivity (Wildman–Crippen MR) is 86.9 cm³/mol. The van der Waals surface area contributed by atoms with Gasteiger partial charge in [0.15, 0.2) is 0 Å². The minimum Gasteiger partial charge on any atom is -0.299 e. The van der Waals surface area contributed by atoms with E-state index in [2.05, 4.69) is 27.7 Å². The van der Waals surface area contributed by atoms with Crippen LogP contribution in [0, 0.1) is 28.6 Å². The molecule has 0 unspecified atom stereocenters. The van der Waals surface area contributed by atoms with E-state index in [1.807, 2.05) is 0 Å². The largest absolute Gasteiger partial charge is 0.299 e. The molecule has 0 aromatic heterocycles. The molecule has 0 amide bonds. The van der Waals surface area contributed by atoms with Gasteiger partial charge in [-0.15, -0.1) is 0 Å². The second kappa shape index (κ2) is 5.04. The van der Waals surface area contributed by atoms with Crippen LogP contribution in [0.4, 0.5) is 0 Å². The van der Waals surface area contributed by atoms with Crippen LogP contribution in [0.15, 0.2) is 0 Å². The molecular weight excluding hydrogens is 298 g/mol. The van der Waals surface area contributed by atoms with Gasteiger partial charge in [-0.25, -0.2) is 12.7 Å². The molecule has 3 fully saturated rings. The van der Waals surface area contributed by atoms with Crippen LogP contribution in [0.3, 0.4) is 0 Å². The van der Waals surface area contributed by atoms with Gasteiger partial charge in [-0.05, 0) is 42.4 Å². The molecule has 0 N–H and O–H groups in total. The zero-order valence-electron chi connectivity index (χ0n) is 14.3. The molecule has 22 heavy (non-hydrogen) atoms. The van der Waals surface area contributed by atoms with Crippen LogP contribution in [0.1, 0.15) is 53.4 Å². The van der Waals surface area contributed by atoms with Crippen LogP contribution in [0.2, 0.25) is 0 Å². The Bertz CT molecular complexity index is 573. The van der Waals surface area contributed by atoms with E-state index in [1.165, 1.54) is 0 Å². The molecule has 0 aromatic rings. The van der Waals surface area contributed by atoms with Gasteiger partial charge in [0.05, 0.1) is 5.75 Å². The van der Waals surface area contributed by atoms with E-state index < -0.39 is 15.4 Å². The molecule has 4 nitrogen and oxygen atoms in total.